The van der Waals surface area contributed by atoms with Gasteiger partial charge in [-0.05, 0) is 44.0 Å². The van der Waals surface area contributed by atoms with Gasteiger partial charge in [-0.15, -0.1) is 0 Å². The van der Waals surface area contributed by atoms with Crippen LogP contribution in [-0.2, 0) is 12.7 Å². The van der Waals surface area contributed by atoms with Gasteiger partial charge in [-0.1, -0.05) is 12.1 Å². The Kier molecular flexibility index (Phi) is 5.61. The zero-order valence-electron chi connectivity index (χ0n) is 14.1. The molecule has 1 aromatic carbocycles. The highest BCUT2D eigenvalue weighted by Crippen LogP contribution is 2.36. The lowest BCUT2D eigenvalue weighted by Crippen LogP contribution is -2.36. The smallest absolute Gasteiger partial charge is 0.419 e. The Balaban J connectivity index is 1.51. The predicted molar refractivity (Wildman–Crippen MR) is 89.8 cm³/mol. The molecule has 5 nitrogen and oxygen atoms in total. The third kappa shape index (κ3) is 4.63. The number of rotatable bonds is 5. The largest absolute Gasteiger partial charge is 0.493 e. The van der Waals surface area contributed by atoms with Crippen molar-refractivity contribution in [3.05, 3.63) is 58.3 Å². The number of nitrogens with zero attached hydrogens (tertiary/aromatic N) is 2. The van der Waals surface area contributed by atoms with E-state index in [-0.39, 0.29) is 23.8 Å². The number of hydrogen-bond donors (Lipinski definition) is 1. The minimum atomic E-state index is -4.42. The number of hydrogen-bond acceptors (Lipinski definition) is 4. The second-order valence-corrected chi connectivity index (χ2v) is 6.39. The van der Waals surface area contributed by atoms with E-state index in [1.54, 1.807) is 6.20 Å². The lowest BCUT2D eigenvalue weighted by Gasteiger charge is -2.31. The summed E-state index contributed by atoms with van der Waals surface area (Å²) in [6.45, 7) is 2.24. The molecule has 2 heterocycles. The second kappa shape index (κ2) is 7.90. The number of para-hydroxylation sites is 1. The molecule has 1 fully saturated rings. The monoisotopic (exact) mass is 367 g/mol. The van der Waals surface area contributed by atoms with Crippen LogP contribution in [0.1, 0.15) is 24.1 Å². The average Bonchev–Trinajstić information content (AvgIpc) is 2.62. The highest BCUT2D eigenvalue weighted by molar-refractivity contribution is 5.35. The summed E-state index contributed by atoms with van der Waals surface area (Å²) in [6, 6.07) is 5.28. The van der Waals surface area contributed by atoms with Gasteiger partial charge in [0.05, 0.1) is 12.2 Å². The standard InChI is InChI=1S/C18H20F3N3O2/c19-18(20,21)14-3-1-2-4-16(14)26-12-13-5-9-24(10-6-13)11-15-17(25)23-8-7-22-15/h1-4,7-8,13H,5-6,9-12H2,(H,23,25). The molecule has 3 rings (SSSR count). The number of ether oxygens (including phenoxy) is 1. The van der Waals surface area contributed by atoms with Gasteiger partial charge >= 0.3 is 6.18 Å². The fourth-order valence-corrected chi connectivity index (χ4v) is 3.05. The summed E-state index contributed by atoms with van der Waals surface area (Å²) >= 11 is 0. The van der Waals surface area contributed by atoms with Gasteiger partial charge in [0, 0.05) is 18.9 Å². The lowest BCUT2D eigenvalue weighted by atomic mass is 9.97. The van der Waals surface area contributed by atoms with E-state index in [1.165, 1.54) is 24.4 Å². The SMILES string of the molecule is O=c1[nH]ccnc1CN1CCC(COc2ccccc2C(F)(F)F)CC1. The van der Waals surface area contributed by atoms with Crippen molar-refractivity contribution in [3.8, 4) is 5.75 Å². The van der Waals surface area contributed by atoms with Crippen molar-refractivity contribution in [1.82, 2.24) is 14.9 Å². The molecule has 1 N–H and O–H groups in total. The molecule has 1 aromatic heterocycles. The van der Waals surface area contributed by atoms with Crippen molar-refractivity contribution in [1.29, 1.82) is 0 Å². The quantitative estimate of drug-likeness (QED) is 0.882. The predicted octanol–water partition coefficient (Wildman–Crippen LogP) is 3.08. The molecule has 0 atom stereocenters. The molecule has 26 heavy (non-hydrogen) atoms. The Morgan fingerprint density at radius 3 is 2.65 bits per heavy atom. The van der Waals surface area contributed by atoms with Crippen molar-refractivity contribution >= 4 is 0 Å². The fraction of sp³-hybridized carbons (Fsp3) is 0.444. The number of aromatic amines is 1. The molecule has 0 spiro atoms. The molecule has 1 aliphatic rings. The van der Waals surface area contributed by atoms with Gasteiger partial charge in [0.2, 0.25) is 0 Å². The van der Waals surface area contributed by atoms with Crippen molar-refractivity contribution < 1.29 is 17.9 Å². The van der Waals surface area contributed by atoms with E-state index in [9.17, 15) is 18.0 Å². The van der Waals surface area contributed by atoms with E-state index in [4.69, 9.17) is 4.74 Å². The van der Waals surface area contributed by atoms with Crippen LogP contribution in [-0.4, -0.2) is 34.6 Å². The normalized spacial score (nSPS) is 16.6. The molecule has 0 radical (unpaired) electrons. The molecule has 0 amide bonds. The van der Waals surface area contributed by atoms with Crippen molar-refractivity contribution in [3.63, 3.8) is 0 Å². The molecule has 140 valence electrons. The Bertz CT molecular complexity index is 783. The zero-order chi connectivity index (χ0) is 18.6. The molecular weight excluding hydrogens is 347 g/mol. The summed E-state index contributed by atoms with van der Waals surface area (Å²) in [5, 5.41) is 0. The number of likely N-dealkylation sites (tertiary alicyclic amines) is 1. The van der Waals surface area contributed by atoms with E-state index >= 15 is 0 Å². The van der Waals surface area contributed by atoms with Crippen LogP contribution in [0.25, 0.3) is 0 Å². The van der Waals surface area contributed by atoms with Gasteiger partial charge < -0.3 is 9.72 Å². The molecule has 0 aliphatic carbocycles. The van der Waals surface area contributed by atoms with Crippen LogP contribution >= 0.6 is 0 Å². The van der Waals surface area contributed by atoms with Crippen LogP contribution < -0.4 is 10.3 Å². The summed E-state index contributed by atoms with van der Waals surface area (Å²) in [6.07, 6.45) is 0.233. The van der Waals surface area contributed by atoms with E-state index in [1.807, 2.05) is 0 Å². The first kappa shape index (κ1) is 18.4. The topological polar surface area (TPSA) is 58.2 Å². The van der Waals surface area contributed by atoms with Crippen LogP contribution in [0.4, 0.5) is 13.2 Å². The number of aromatic nitrogens is 2. The number of nitrogens with one attached hydrogen (secondary N) is 1. The summed E-state index contributed by atoms with van der Waals surface area (Å²) in [4.78, 5) is 20.5. The zero-order valence-corrected chi connectivity index (χ0v) is 14.1. The minimum absolute atomic E-state index is 0.123. The number of alkyl halides is 3. The average molecular weight is 367 g/mol. The molecule has 0 unspecified atom stereocenters. The maximum absolute atomic E-state index is 13.0. The van der Waals surface area contributed by atoms with Gasteiger partial charge in [-0.3, -0.25) is 14.7 Å². The Morgan fingerprint density at radius 2 is 1.96 bits per heavy atom. The van der Waals surface area contributed by atoms with E-state index in [2.05, 4.69) is 14.9 Å². The van der Waals surface area contributed by atoms with E-state index in [0.717, 1.165) is 32.0 Å². The van der Waals surface area contributed by atoms with Crippen LogP contribution in [0.15, 0.2) is 41.5 Å². The van der Waals surface area contributed by atoms with Crippen LogP contribution in [0, 0.1) is 5.92 Å². The number of H-pyrrole nitrogens is 1. The minimum Gasteiger partial charge on any atom is -0.493 e. The molecular formula is C18H20F3N3O2. The number of halogens is 3. The summed E-state index contributed by atoms with van der Waals surface area (Å²) in [7, 11) is 0. The van der Waals surface area contributed by atoms with Crippen LogP contribution in [0.3, 0.4) is 0 Å². The first-order valence-electron chi connectivity index (χ1n) is 8.47. The molecule has 0 bridgehead atoms. The van der Waals surface area contributed by atoms with Crippen LogP contribution in [0.5, 0.6) is 5.75 Å². The summed E-state index contributed by atoms with van der Waals surface area (Å²) < 4.78 is 44.4. The molecule has 0 saturated carbocycles. The highest BCUT2D eigenvalue weighted by atomic mass is 19.4. The van der Waals surface area contributed by atoms with Gasteiger partial charge in [0.1, 0.15) is 11.4 Å². The van der Waals surface area contributed by atoms with Crippen molar-refractivity contribution in [2.45, 2.75) is 25.6 Å². The fourth-order valence-electron chi connectivity index (χ4n) is 3.05. The maximum atomic E-state index is 13.0. The molecule has 2 aromatic rings. The summed E-state index contributed by atoms with van der Waals surface area (Å²) in [5.41, 5.74) is -0.463. The maximum Gasteiger partial charge on any atom is 0.419 e. The Morgan fingerprint density at radius 1 is 1.23 bits per heavy atom. The summed E-state index contributed by atoms with van der Waals surface area (Å²) in [5.74, 6) is 0.0667. The lowest BCUT2D eigenvalue weighted by molar-refractivity contribution is -0.139. The highest BCUT2D eigenvalue weighted by Gasteiger charge is 2.34. The molecule has 1 saturated heterocycles. The van der Waals surface area contributed by atoms with Gasteiger partial charge in [0.15, 0.2) is 0 Å². The third-order valence-electron chi connectivity index (χ3n) is 4.53. The third-order valence-corrected chi connectivity index (χ3v) is 4.53. The Hall–Kier alpha value is -2.35. The Labute approximate surface area is 148 Å². The van der Waals surface area contributed by atoms with Crippen molar-refractivity contribution in [2.75, 3.05) is 19.7 Å². The van der Waals surface area contributed by atoms with E-state index in [0.29, 0.717) is 12.2 Å². The molecule has 8 heteroatoms. The number of piperidine rings is 1. The van der Waals surface area contributed by atoms with Gasteiger partial charge in [-0.25, -0.2) is 0 Å². The number of benzene rings is 1. The molecule has 1 aliphatic heterocycles. The van der Waals surface area contributed by atoms with Gasteiger partial charge in [0.25, 0.3) is 5.56 Å². The van der Waals surface area contributed by atoms with Crippen LogP contribution in [0.2, 0.25) is 0 Å². The van der Waals surface area contributed by atoms with E-state index < -0.39 is 11.7 Å². The first-order chi connectivity index (χ1) is 12.4. The first-order valence-corrected chi connectivity index (χ1v) is 8.47. The van der Waals surface area contributed by atoms with Gasteiger partial charge in [-0.2, -0.15) is 13.2 Å². The second-order valence-electron chi connectivity index (χ2n) is 6.39. The van der Waals surface area contributed by atoms with Crippen molar-refractivity contribution in [2.24, 2.45) is 5.92 Å².